The van der Waals surface area contributed by atoms with E-state index in [4.69, 9.17) is 16.5 Å². The highest BCUT2D eigenvalue weighted by Gasteiger charge is 2.12. The fraction of sp³-hybridized carbons (Fsp3) is 0. The van der Waals surface area contributed by atoms with E-state index in [1.165, 1.54) is 0 Å². The van der Waals surface area contributed by atoms with Crippen molar-refractivity contribution >= 4 is 16.6 Å². The monoisotopic (exact) mass is 484 g/mol. The minimum absolute atomic E-state index is 0.627. The van der Waals surface area contributed by atoms with Crippen LogP contribution in [0.2, 0.25) is 0 Å². The molecule has 0 aliphatic rings. The van der Waals surface area contributed by atoms with Crippen molar-refractivity contribution in [1.82, 2.24) is 9.97 Å². The highest BCUT2D eigenvalue weighted by Crippen LogP contribution is 2.32. The molecule has 0 bridgehead atoms. The number of aromatic nitrogens is 2. The van der Waals surface area contributed by atoms with Gasteiger partial charge >= 0.3 is 0 Å². The van der Waals surface area contributed by atoms with E-state index < -0.39 is 0 Å². The van der Waals surface area contributed by atoms with Crippen LogP contribution in [0.5, 0.6) is 0 Å². The van der Waals surface area contributed by atoms with Crippen LogP contribution >= 0.6 is 0 Å². The SMILES string of the molecule is [C-]#[N+]c1cccc(-c2ccc(-c3nc(-c4ccc(-c5cccc(C#N)c5)cc4)nc4ccccc34)cc2)c1. The highest BCUT2D eigenvalue weighted by atomic mass is 14.9. The first-order valence-electron chi connectivity index (χ1n) is 12.2. The summed E-state index contributed by atoms with van der Waals surface area (Å²) < 4.78 is 0. The Kier molecular flexibility index (Phi) is 5.91. The van der Waals surface area contributed by atoms with Crippen LogP contribution < -0.4 is 0 Å². The minimum atomic E-state index is 0.627. The van der Waals surface area contributed by atoms with Crippen molar-refractivity contribution in [3.8, 4) is 51.0 Å². The van der Waals surface area contributed by atoms with Gasteiger partial charge in [0.05, 0.1) is 29.4 Å². The maximum absolute atomic E-state index is 9.23. The lowest BCUT2D eigenvalue weighted by molar-refractivity contribution is 1.23. The van der Waals surface area contributed by atoms with Crippen molar-refractivity contribution in [2.45, 2.75) is 0 Å². The number of hydrogen-bond donors (Lipinski definition) is 0. The van der Waals surface area contributed by atoms with Crippen LogP contribution in [0.3, 0.4) is 0 Å². The average molecular weight is 485 g/mol. The Balaban J connectivity index is 1.39. The second kappa shape index (κ2) is 9.82. The van der Waals surface area contributed by atoms with Crippen LogP contribution in [-0.2, 0) is 0 Å². The first kappa shape index (κ1) is 22.9. The lowest BCUT2D eigenvalue weighted by atomic mass is 10.00. The quantitative estimate of drug-likeness (QED) is 0.235. The molecule has 176 valence electrons. The highest BCUT2D eigenvalue weighted by molar-refractivity contribution is 5.94. The zero-order valence-corrected chi connectivity index (χ0v) is 20.3. The largest absolute Gasteiger partial charge is 0.238 e. The fourth-order valence-corrected chi connectivity index (χ4v) is 4.58. The topological polar surface area (TPSA) is 53.9 Å². The Morgan fingerprint density at radius 1 is 0.579 bits per heavy atom. The molecule has 1 aromatic heterocycles. The lowest BCUT2D eigenvalue weighted by Gasteiger charge is -2.11. The zero-order valence-electron chi connectivity index (χ0n) is 20.3. The molecule has 0 unspecified atom stereocenters. The van der Waals surface area contributed by atoms with Crippen LogP contribution in [0, 0.1) is 17.9 Å². The van der Waals surface area contributed by atoms with Gasteiger partial charge in [-0.25, -0.2) is 14.8 Å². The molecule has 5 aromatic carbocycles. The molecule has 0 atom stereocenters. The predicted octanol–water partition coefficient (Wildman–Crippen LogP) is 8.72. The van der Waals surface area contributed by atoms with Gasteiger partial charge in [0.1, 0.15) is 0 Å². The Morgan fingerprint density at radius 2 is 1.21 bits per heavy atom. The number of nitriles is 1. The molecule has 4 heteroatoms. The predicted molar refractivity (Wildman–Crippen MR) is 152 cm³/mol. The fourth-order valence-electron chi connectivity index (χ4n) is 4.58. The third kappa shape index (κ3) is 4.39. The van der Waals surface area contributed by atoms with E-state index in [-0.39, 0.29) is 0 Å². The Morgan fingerprint density at radius 3 is 1.92 bits per heavy atom. The third-order valence-corrected chi connectivity index (χ3v) is 6.54. The zero-order chi connectivity index (χ0) is 25.9. The van der Waals surface area contributed by atoms with E-state index in [1.807, 2.05) is 91.0 Å². The molecule has 38 heavy (non-hydrogen) atoms. The molecule has 0 saturated heterocycles. The van der Waals surface area contributed by atoms with E-state index in [0.717, 1.165) is 50.0 Å². The van der Waals surface area contributed by atoms with Crippen LogP contribution in [0.1, 0.15) is 5.56 Å². The van der Waals surface area contributed by atoms with Gasteiger partial charge in [0.15, 0.2) is 11.5 Å². The van der Waals surface area contributed by atoms with Gasteiger partial charge in [-0.1, -0.05) is 97.1 Å². The lowest BCUT2D eigenvalue weighted by Crippen LogP contribution is -1.95. The summed E-state index contributed by atoms with van der Waals surface area (Å²) in [7, 11) is 0. The molecule has 0 N–H and O–H groups in total. The van der Waals surface area contributed by atoms with Crippen molar-refractivity contribution in [3.63, 3.8) is 0 Å². The molecule has 0 aliphatic carbocycles. The van der Waals surface area contributed by atoms with E-state index in [9.17, 15) is 5.26 Å². The number of fused-ring (bicyclic) bond motifs is 1. The smallest absolute Gasteiger partial charge is 0.187 e. The van der Waals surface area contributed by atoms with Gasteiger partial charge < -0.3 is 0 Å². The molecule has 0 amide bonds. The van der Waals surface area contributed by atoms with Gasteiger partial charge in [-0.15, -0.1) is 0 Å². The summed E-state index contributed by atoms with van der Waals surface area (Å²) in [4.78, 5) is 13.4. The molecule has 0 radical (unpaired) electrons. The first-order valence-corrected chi connectivity index (χ1v) is 12.2. The molecule has 0 fully saturated rings. The van der Waals surface area contributed by atoms with E-state index in [0.29, 0.717) is 17.1 Å². The Hall–Kier alpha value is -5.58. The van der Waals surface area contributed by atoms with Crippen LogP contribution in [0.15, 0.2) is 121 Å². The molecule has 6 rings (SSSR count). The van der Waals surface area contributed by atoms with Crippen LogP contribution in [0.4, 0.5) is 5.69 Å². The normalized spacial score (nSPS) is 10.6. The first-order chi connectivity index (χ1) is 18.7. The molecular weight excluding hydrogens is 464 g/mol. The summed E-state index contributed by atoms with van der Waals surface area (Å²) in [6.45, 7) is 7.29. The summed E-state index contributed by atoms with van der Waals surface area (Å²) in [5.74, 6) is 0.657. The molecule has 0 spiro atoms. The van der Waals surface area contributed by atoms with Gasteiger partial charge in [0.25, 0.3) is 0 Å². The number of para-hydroxylation sites is 1. The molecular formula is C34H20N4. The van der Waals surface area contributed by atoms with Gasteiger partial charge in [-0.05, 0) is 46.5 Å². The van der Waals surface area contributed by atoms with Crippen LogP contribution in [0.25, 0.3) is 60.6 Å². The summed E-state index contributed by atoms with van der Waals surface area (Å²) in [6.07, 6.45) is 0. The summed E-state index contributed by atoms with van der Waals surface area (Å²) >= 11 is 0. The summed E-state index contributed by atoms with van der Waals surface area (Å²) in [5, 5.41) is 10.2. The second-order valence-corrected chi connectivity index (χ2v) is 8.92. The van der Waals surface area contributed by atoms with Crippen molar-refractivity contribution in [2.75, 3.05) is 0 Å². The number of hydrogen-bond acceptors (Lipinski definition) is 3. The summed E-state index contributed by atoms with van der Waals surface area (Å²) in [6, 6.07) is 41.9. The van der Waals surface area contributed by atoms with Crippen molar-refractivity contribution < 1.29 is 0 Å². The van der Waals surface area contributed by atoms with Gasteiger partial charge in [0, 0.05) is 16.5 Å². The maximum atomic E-state index is 9.23. The van der Waals surface area contributed by atoms with Crippen molar-refractivity contribution in [3.05, 3.63) is 138 Å². The molecule has 0 aliphatic heterocycles. The Bertz CT molecular complexity index is 1870. The van der Waals surface area contributed by atoms with E-state index in [1.54, 1.807) is 6.07 Å². The molecule has 1 heterocycles. The van der Waals surface area contributed by atoms with E-state index >= 15 is 0 Å². The number of benzene rings is 5. The number of nitrogens with zero attached hydrogens (tertiary/aromatic N) is 4. The molecule has 0 saturated carbocycles. The second-order valence-electron chi connectivity index (χ2n) is 8.92. The van der Waals surface area contributed by atoms with Crippen molar-refractivity contribution in [1.29, 1.82) is 5.26 Å². The molecule has 4 nitrogen and oxygen atoms in total. The van der Waals surface area contributed by atoms with E-state index in [2.05, 4.69) is 35.2 Å². The van der Waals surface area contributed by atoms with Gasteiger partial charge in [-0.2, -0.15) is 5.26 Å². The maximum Gasteiger partial charge on any atom is 0.187 e. The van der Waals surface area contributed by atoms with Gasteiger partial charge in [-0.3, -0.25) is 0 Å². The third-order valence-electron chi connectivity index (χ3n) is 6.54. The minimum Gasteiger partial charge on any atom is -0.238 e. The van der Waals surface area contributed by atoms with Gasteiger partial charge in [0.2, 0.25) is 0 Å². The Labute approximate surface area is 221 Å². The number of rotatable bonds is 4. The van der Waals surface area contributed by atoms with Crippen LogP contribution in [-0.4, -0.2) is 9.97 Å². The van der Waals surface area contributed by atoms with Crippen molar-refractivity contribution in [2.24, 2.45) is 0 Å². The summed E-state index contributed by atoms with van der Waals surface area (Å²) in [5.41, 5.74) is 9.03. The molecule has 6 aromatic rings. The standard InChI is InChI=1S/C34H20N4/c1-36-30-9-5-8-29(21-30)25-12-16-26(17-13-25)33-31-10-2-3-11-32(31)37-34(38-33)27-18-14-24(15-19-27)28-7-4-6-23(20-28)22-35/h2-21H. The average Bonchev–Trinajstić information content (AvgIpc) is 3.00.